The minimum absolute atomic E-state index is 0.0580. The molecule has 0 aromatic heterocycles. The highest BCUT2D eigenvalue weighted by molar-refractivity contribution is 5.75. The van der Waals surface area contributed by atoms with Crippen LogP contribution in [0.1, 0.15) is 47.5 Å². The SMILES string of the molecule is CCCC(C(=O)OCC)N(CC)CC(C)C. The second kappa shape index (κ2) is 8.57. The van der Waals surface area contributed by atoms with Crippen LogP contribution in [-0.4, -0.2) is 36.6 Å². The first-order valence-electron chi connectivity index (χ1n) is 6.47. The topological polar surface area (TPSA) is 29.5 Å². The second-order valence-electron chi connectivity index (χ2n) is 4.54. The van der Waals surface area contributed by atoms with Crippen molar-refractivity contribution >= 4 is 5.97 Å². The van der Waals surface area contributed by atoms with E-state index in [1.807, 2.05) is 6.92 Å². The number of carbonyl (C=O) groups excluding carboxylic acids is 1. The van der Waals surface area contributed by atoms with Crippen LogP contribution in [0.3, 0.4) is 0 Å². The lowest BCUT2D eigenvalue weighted by Crippen LogP contribution is -2.43. The van der Waals surface area contributed by atoms with Gasteiger partial charge in [-0.2, -0.15) is 0 Å². The Labute approximate surface area is 100 Å². The summed E-state index contributed by atoms with van der Waals surface area (Å²) in [6.45, 7) is 12.8. The van der Waals surface area contributed by atoms with Gasteiger partial charge in [-0.05, 0) is 25.8 Å². The van der Waals surface area contributed by atoms with Crippen LogP contribution >= 0.6 is 0 Å². The van der Waals surface area contributed by atoms with Crippen molar-refractivity contribution in [2.24, 2.45) is 5.92 Å². The van der Waals surface area contributed by atoms with Gasteiger partial charge in [0.25, 0.3) is 0 Å². The zero-order valence-corrected chi connectivity index (χ0v) is 11.5. The minimum Gasteiger partial charge on any atom is -0.465 e. The van der Waals surface area contributed by atoms with Gasteiger partial charge in [0.2, 0.25) is 0 Å². The number of likely N-dealkylation sites (N-methyl/N-ethyl adjacent to an activating group) is 1. The number of esters is 1. The first kappa shape index (κ1) is 15.4. The molecule has 1 atom stereocenters. The Morgan fingerprint density at radius 2 is 1.88 bits per heavy atom. The smallest absolute Gasteiger partial charge is 0.323 e. The van der Waals surface area contributed by atoms with Crippen LogP contribution in [0.15, 0.2) is 0 Å². The Morgan fingerprint density at radius 1 is 1.25 bits per heavy atom. The second-order valence-corrected chi connectivity index (χ2v) is 4.54. The molecule has 0 amide bonds. The third kappa shape index (κ3) is 5.50. The van der Waals surface area contributed by atoms with E-state index in [0.29, 0.717) is 12.5 Å². The third-order valence-corrected chi connectivity index (χ3v) is 2.57. The van der Waals surface area contributed by atoms with Crippen LogP contribution < -0.4 is 0 Å². The van der Waals surface area contributed by atoms with Crippen LogP contribution in [0, 0.1) is 5.92 Å². The predicted octanol–water partition coefficient (Wildman–Crippen LogP) is 2.70. The van der Waals surface area contributed by atoms with Crippen molar-refractivity contribution < 1.29 is 9.53 Å². The van der Waals surface area contributed by atoms with E-state index >= 15 is 0 Å². The fourth-order valence-electron chi connectivity index (χ4n) is 1.91. The number of rotatable bonds is 8. The highest BCUT2D eigenvalue weighted by Gasteiger charge is 2.25. The van der Waals surface area contributed by atoms with Crippen molar-refractivity contribution in [3.05, 3.63) is 0 Å². The zero-order chi connectivity index (χ0) is 12.6. The molecule has 0 aromatic carbocycles. The maximum atomic E-state index is 11.9. The Hall–Kier alpha value is -0.570. The van der Waals surface area contributed by atoms with E-state index < -0.39 is 0 Å². The highest BCUT2D eigenvalue weighted by atomic mass is 16.5. The molecule has 3 nitrogen and oxygen atoms in total. The van der Waals surface area contributed by atoms with Crippen molar-refractivity contribution in [3.8, 4) is 0 Å². The van der Waals surface area contributed by atoms with Gasteiger partial charge in [-0.1, -0.05) is 34.1 Å². The van der Waals surface area contributed by atoms with Crippen LogP contribution in [-0.2, 0) is 9.53 Å². The molecule has 0 aromatic rings. The van der Waals surface area contributed by atoms with Crippen LogP contribution in [0.25, 0.3) is 0 Å². The molecule has 0 N–H and O–H groups in total. The molecule has 0 saturated carbocycles. The number of ether oxygens (including phenoxy) is 1. The number of carbonyl (C=O) groups is 1. The molecule has 0 heterocycles. The molecule has 0 fully saturated rings. The molecule has 0 saturated heterocycles. The molecular weight excluding hydrogens is 202 g/mol. The first-order chi connectivity index (χ1) is 7.56. The van der Waals surface area contributed by atoms with Crippen LogP contribution in [0.5, 0.6) is 0 Å². The lowest BCUT2D eigenvalue weighted by Gasteiger charge is -2.30. The number of hydrogen-bond donors (Lipinski definition) is 0. The van der Waals surface area contributed by atoms with Gasteiger partial charge in [-0.3, -0.25) is 9.69 Å². The average molecular weight is 229 g/mol. The van der Waals surface area contributed by atoms with Gasteiger partial charge in [0.05, 0.1) is 6.61 Å². The van der Waals surface area contributed by atoms with E-state index in [-0.39, 0.29) is 12.0 Å². The third-order valence-electron chi connectivity index (χ3n) is 2.57. The monoisotopic (exact) mass is 229 g/mol. The average Bonchev–Trinajstić information content (AvgIpc) is 2.23. The zero-order valence-electron chi connectivity index (χ0n) is 11.5. The largest absolute Gasteiger partial charge is 0.465 e. The molecule has 16 heavy (non-hydrogen) atoms. The van der Waals surface area contributed by atoms with E-state index in [1.54, 1.807) is 0 Å². The molecule has 0 aliphatic carbocycles. The summed E-state index contributed by atoms with van der Waals surface area (Å²) < 4.78 is 5.14. The van der Waals surface area contributed by atoms with E-state index in [9.17, 15) is 4.79 Å². The summed E-state index contributed by atoms with van der Waals surface area (Å²) in [4.78, 5) is 14.1. The Bertz CT molecular complexity index is 192. The van der Waals surface area contributed by atoms with Gasteiger partial charge >= 0.3 is 5.97 Å². The summed E-state index contributed by atoms with van der Waals surface area (Å²) in [5, 5.41) is 0. The van der Waals surface area contributed by atoms with Crippen LogP contribution in [0.2, 0.25) is 0 Å². The summed E-state index contributed by atoms with van der Waals surface area (Å²) in [6.07, 6.45) is 1.90. The summed E-state index contributed by atoms with van der Waals surface area (Å²) in [7, 11) is 0. The van der Waals surface area contributed by atoms with Crippen LogP contribution in [0.4, 0.5) is 0 Å². The van der Waals surface area contributed by atoms with Gasteiger partial charge in [0.15, 0.2) is 0 Å². The molecule has 0 radical (unpaired) electrons. The highest BCUT2D eigenvalue weighted by Crippen LogP contribution is 2.11. The molecule has 3 heteroatoms. The lowest BCUT2D eigenvalue weighted by molar-refractivity contribution is -0.150. The van der Waals surface area contributed by atoms with Gasteiger partial charge in [-0.15, -0.1) is 0 Å². The van der Waals surface area contributed by atoms with Crippen molar-refractivity contribution in [2.45, 2.75) is 53.5 Å². The minimum atomic E-state index is -0.0631. The number of hydrogen-bond acceptors (Lipinski definition) is 3. The van der Waals surface area contributed by atoms with Crippen molar-refractivity contribution in [1.29, 1.82) is 0 Å². The van der Waals surface area contributed by atoms with Gasteiger partial charge in [0.1, 0.15) is 6.04 Å². The van der Waals surface area contributed by atoms with E-state index in [1.165, 1.54) is 0 Å². The Balaban J connectivity index is 4.50. The van der Waals surface area contributed by atoms with Gasteiger partial charge in [0, 0.05) is 6.54 Å². The summed E-state index contributed by atoms with van der Waals surface area (Å²) in [5.74, 6) is 0.514. The Kier molecular flexibility index (Phi) is 8.26. The fraction of sp³-hybridized carbons (Fsp3) is 0.923. The number of nitrogens with zero attached hydrogens (tertiary/aromatic N) is 1. The van der Waals surface area contributed by atoms with E-state index in [2.05, 4.69) is 32.6 Å². The summed E-state index contributed by atoms with van der Waals surface area (Å²) in [6, 6.07) is -0.0580. The first-order valence-corrected chi connectivity index (χ1v) is 6.47. The van der Waals surface area contributed by atoms with Gasteiger partial charge in [-0.25, -0.2) is 0 Å². The fourth-order valence-corrected chi connectivity index (χ4v) is 1.91. The summed E-state index contributed by atoms with van der Waals surface area (Å²) >= 11 is 0. The predicted molar refractivity (Wildman–Crippen MR) is 67.4 cm³/mol. The molecule has 0 rings (SSSR count). The van der Waals surface area contributed by atoms with Crippen molar-refractivity contribution in [2.75, 3.05) is 19.7 Å². The molecule has 0 aliphatic rings. The standard InChI is InChI=1S/C13H27NO2/c1-6-9-12(13(15)16-8-3)14(7-2)10-11(4)5/h11-12H,6-10H2,1-5H3. The molecule has 0 bridgehead atoms. The normalized spacial score (nSPS) is 13.2. The lowest BCUT2D eigenvalue weighted by atomic mass is 10.1. The Morgan fingerprint density at radius 3 is 2.25 bits per heavy atom. The maximum absolute atomic E-state index is 11.9. The molecule has 0 spiro atoms. The quantitative estimate of drug-likeness (QED) is 0.599. The summed E-state index contributed by atoms with van der Waals surface area (Å²) in [5.41, 5.74) is 0. The molecule has 0 aliphatic heterocycles. The molecular formula is C13H27NO2. The van der Waals surface area contributed by atoms with E-state index in [4.69, 9.17) is 4.74 Å². The molecule has 1 unspecified atom stereocenters. The molecule has 96 valence electrons. The van der Waals surface area contributed by atoms with Crippen molar-refractivity contribution in [1.82, 2.24) is 4.90 Å². The van der Waals surface area contributed by atoms with E-state index in [0.717, 1.165) is 25.9 Å². The van der Waals surface area contributed by atoms with Gasteiger partial charge < -0.3 is 4.74 Å². The maximum Gasteiger partial charge on any atom is 0.323 e. The van der Waals surface area contributed by atoms with Crippen molar-refractivity contribution in [3.63, 3.8) is 0 Å².